The normalized spacial score (nSPS) is 26.2. The summed E-state index contributed by atoms with van der Waals surface area (Å²) >= 11 is 0. The van der Waals surface area contributed by atoms with E-state index in [9.17, 15) is 0 Å². The molecule has 7 heteroatoms. The smallest absolute Gasteiger partial charge is 0.153 e. The molecule has 2 fully saturated rings. The topological polar surface area (TPSA) is 45.5 Å². The number of para-hydroxylation sites is 3. The van der Waals surface area contributed by atoms with Gasteiger partial charge in [0.15, 0.2) is 5.84 Å². The van der Waals surface area contributed by atoms with E-state index in [4.69, 9.17) is 14.7 Å². The molecule has 0 unspecified atom stereocenters. The third-order valence-corrected chi connectivity index (χ3v) is 9.93. The Morgan fingerprint density at radius 2 is 1.79 bits per heavy atom. The first kappa shape index (κ1) is 25.0. The Bertz CT molecular complexity index is 1370. The lowest BCUT2D eigenvalue weighted by Crippen LogP contribution is -2.53. The molecule has 0 saturated carbocycles. The molecule has 0 spiro atoms. The van der Waals surface area contributed by atoms with Gasteiger partial charge in [-0.2, -0.15) is 0 Å². The summed E-state index contributed by atoms with van der Waals surface area (Å²) in [6.07, 6.45) is 5.88. The summed E-state index contributed by atoms with van der Waals surface area (Å²) in [4.78, 5) is 13.8. The van der Waals surface area contributed by atoms with E-state index in [2.05, 4.69) is 62.6 Å². The molecule has 39 heavy (non-hydrogen) atoms. The molecule has 4 aliphatic rings. The second kappa shape index (κ2) is 10.2. The van der Waals surface area contributed by atoms with Gasteiger partial charge in [-0.15, -0.1) is 0 Å². The number of aromatic nitrogens is 1. The second-order valence-electron chi connectivity index (χ2n) is 11.7. The number of hydrogen-bond donors (Lipinski definition) is 0. The molecule has 4 aliphatic heterocycles. The summed E-state index contributed by atoms with van der Waals surface area (Å²) < 4.78 is 8.06. The van der Waals surface area contributed by atoms with Gasteiger partial charge >= 0.3 is 0 Å². The fraction of sp³-hybridized carbons (Fsp3) is 0.531. The Kier molecular flexibility index (Phi) is 6.52. The highest BCUT2D eigenvalue weighted by Crippen LogP contribution is 2.57. The minimum absolute atomic E-state index is 0.259. The van der Waals surface area contributed by atoms with Gasteiger partial charge in [0.05, 0.1) is 24.4 Å². The summed E-state index contributed by atoms with van der Waals surface area (Å²) in [5, 5.41) is 6.31. The van der Waals surface area contributed by atoms with Crippen LogP contribution in [-0.4, -0.2) is 79.7 Å². The number of fused-ring (bicyclic) bond motifs is 3. The first-order chi connectivity index (χ1) is 19.2. The summed E-state index contributed by atoms with van der Waals surface area (Å²) in [5.74, 6) is 2.06. The quantitative estimate of drug-likeness (QED) is 0.314. The molecule has 0 amide bonds. The Labute approximate surface area is 231 Å². The molecule has 2 saturated heterocycles. The van der Waals surface area contributed by atoms with Crippen LogP contribution >= 0.6 is 0 Å². The van der Waals surface area contributed by atoms with Gasteiger partial charge in [0.2, 0.25) is 0 Å². The molecule has 2 atom stereocenters. The van der Waals surface area contributed by atoms with Crippen LogP contribution < -0.4 is 9.64 Å². The Balaban J connectivity index is 1.08. The van der Waals surface area contributed by atoms with Crippen molar-refractivity contribution in [2.45, 2.75) is 45.1 Å². The van der Waals surface area contributed by atoms with Crippen molar-refractivity contribution in [3.8, 4) is 5.75 Å². The van der Waals surface area contributed by atoms with E-state index in [1.54, 1.807) is 12.7 Å². The molecular weight excluding hydrogens is 486 g/mol. The van der Waals surface area contributed by atoms with Gasteiger partial charge in [-0.25, -0.2) is 0 Å². The highest BCUT2D eigenvalue weighted by atomic mass is 16.6. The first-order valence-electron chi connectivity index (χ1n) is 14.9. The van der Waals surface area contributed by atoms with Crippen LogP contribution in [0.1, 0.15) is 49.9 Å². The predicted molar refractivity (Wildman–Crippen MR) is 157 cm³/mol. The molecular formula is C32H41N5O2. The fourth-order valence-electron chi connectivity index (χ4n) is 7.94. The summed E-state index contributed by atoms with van der Waals surface area (Å²) in [6, 6.07) is 17.8. The molecule has 5 heterocycles. The van der Waals surface area contributed by atoms with Gasteiger partial charge in [-0.3, -0.25) is 14.4 Å². The number of oxime groups is 1. The minimum atomic E-state index is 0.259. The lowest BCUT2D eigenvalue weighted by atomic mass is 9.64. The monoisotopic (exact) mass is 527 g/mol. The van der Waals surface area contributed by atoms with Gasteiger partial charge in [0, 0.05) is 56.8 Å². The fourth-order valence-corrected chi connectivity index (χ4v) is 7.94. The largest absolute Gasteiger partial charge is 0.495 e. The van der Waals surface area contributed by atoms with Crippen molar-refractivity contribution in [1.82, 2.24) is 14.4 Å². The summed E-state index contributed by atoms with van der Waals surface area (Å²) in [6.45, 7) is 10.3. The van der Waals surface area contributed by atoms with Gasteiger partial charge in [-0.1, -0.05) is 42.4 Å². The maximum atomic E-state index is 6.13. The van der Waals surface area contributed by atoms with Crippen molar-refractivity contribution < 1.29 is 9.57 Å². The van der Waals surface area contributed by atoms with E-state index in [1.807, 2.05) is 12.1 Å². The van der Waals surface area contributed by atoms with E-state index in [1.165, 1.54) is 54.6 Å². The highest BCUT2D eigenvalue weighted by molar-refractivity contribution is 6.00. The van der Waals surface area contributed by atoms with Gasteiger partial charge in [0.25, 0.3) is 0 Å². The number of methoxy groups -OCH3 is 1. The molecule has 3 aromatic rings. The van der Waals surface area contributed by atoms with Crippen molar-refractivity contribution in [1.29, 1.82) is 0 Å². The number of hydrogen-bond acceptors (Lipinski definition) is 6. The molecule has 0 N–H and O–H groups in total. The molecule has 7 rings (SSSR count). The van der Waals surface area contributed by atoms with E-state index in [0.717, 1.165) is 57.2 Å². The molecule has 0 bridgehead atoms. The number of piperazine rings is 1. The van der Waals surface area contributed by atoms with Gasteiger partial charge in [-0.05, 0) is 61.4 Å². The van der Waals surface area contributed by atoms with Crippen LogP contribution in [0, 0.1) is 5.41 Å². The van der Waals surface area contributed by atoms with E-state index in [0.29, 0.717) is 12.6 Å². The van der Waals surface area contributed by atoms with Crippen LogP contribution in [0.25, 0.3) is 10.9 Å². The van der Waals surface area contributed by atoms with E-state index < -0.39 is 0 Å². The van der Waals surface area contributed by atoms with Gasteiger partial charge in [0.1, 0.15) is 12.4 Å². The van der Waals surface area contributed by atoms with Crippen LogP contribution in [0.4, 0.5) is 5.69 Å². The van der Waals surface area contributed by atoms with Crippen LogP contribution in [-0.2, 0) is 11.3 Å². The highest BCUT2D eigenvalue weighted by Gasteiger charge is 2.52. The van der Waals surface area contributed by atoms with Crippen LogP contribution in [0.5, 0.6) is 5.75 Å². The summed E-state index contributed by atoms with van der Waals surface area (Å²) in [7, 11) is 1.75. The third-order valence-electron chi connectivity index (χ3n) is 9.93. The number of nitrogens with zero attached hydrogens (tertiary/aromatic N) is 5. The molecule has 1 aromatic heterocycles. The lowest BCUT2D eigenvalue weighted by Gasteiger charge is -2.55. The maximum absolute atomic E-state index is 6.13. The Morgan fingerprint density at radius 3 is 2.64 bits per heavy atom. The number of ether oxygens (including phenoxy) is 1. The second-order valence-corrected chi connectivity index (χ2v) is 11.7. The summed E-state index contributed by atoms with van der Waals surface area (Å²) in [5.41, 5.74) is 5.80. The number of anilines is 1. The van der Waals surface area contributed by atoms with Crippen molar-refractivity contribution in [3.63, 3.8) is 0 Å². The minimum Gasteiger partial charge on any atom is -0.495 e. The number of piperidine rings is 1. The van der Waals surface area contributed by atoms with E-state index in [-0.39, 0.29) is 5.41 Å². The maximum Gasteiger partial charge on any atom is 0.153 e. The predicted octanol–water partition coefficient (Wildman–Crippen LogP) is 5.14. The Hall–Kier alpha value is -3.03. The SMILES string of the molecule is CC[C@]12CCCN3CCc4c(n(c5ccccc45)/C(=N\OCCN4CCN(c5ccccc5OC)CC4)C1)[C@@H]32. The van der Waals surface area contributed by atoms with Crippen LogP contribution in [0.15, 0.2) is 53.7 Å². The van der Waals surface area contributed by atoms with Gasteiger partial charge < -0.3 is 14.5 Å². The average molecular weight is 528 g/mol. The van der Waals surface area contributed by atoms with E-state index >= 15 is 0 Å². The standard InChI is InChI=1S/C32H41N5O2/c1-3-32-14-8-15-36-16-13-25-24-9-4-5-10-26(24)37(30(25)31(32)36)29(23-32)33-39-22-21-34-17-19-35(20-18-34)27-11-6-7-12-28(27)38-2/h4-7,9-12,31H,3,8,13-23H2,1-2H3/b33-29-/t31-,32+/m1/s1. The number of benzene rings is 2. The molecule has 0 aliphatic carbocycles. The number of rotatable bonds is 7. The first-order valence-corrected chi connectivity index (χ1v) is 14.9. The zero-order valence-electron chi connectivity index (χ0n) is 23.4. The average Bonchev–Trinajstić information content (AvgIpc) is 3.34. The van der Waals surface area contributed by atoms with Crippen molar-refractivity contribution in [2.75, 3.05) is 64.4 Å². The van der Waals surface area contributed by atoms with Crippen LogP contribution in [0.2, 0.25) is 0 Å². The zero-order chi connectivity index (χ0) is 26.4. The molecule has 0 radical (unpaired) electrons. The molecule has 7 nitrogen and oxygen atoms in total. The molecule has 206 valence electrons. The van der Waals surface area contributed by atoms with Crippen molar-refractivity contribution in [3.05, 3.63) is 59.8 Å². The Morgan fingerprint density at radius 1 is 0.974 bits per heavy atom. The van der Waals surface area contributed by atoms with Crippen molar-refractivity contribution >= 4 is 22.4 Å². The zero-order valence-corrected chi connectivity index (χ0v) is 23.4. The molecule has 2 aromatic carbocycles. The van der Waals surface area contributed by atoms with Crippen LogP contribution in [0.3, 0.4) is 0 Å². The van der Waals surface area contributed by atoms with Crippen molar-refractivity contribution in [2.24, 2.45) is 10.6 Å². The third kappa shape index (κ3) is 4.13. The lowest BCUT2D eigenvalue weighted by molar-refractivity contribution is -0.00499.